The lowest BCUT2D eigenvalue weighted by molar-refractivity contribution is -0.133. The maximum Gasteiger partial charge on any atom is 0.272 e. The number of amides is 2. The molecule has 0 saturated carbocycles. The largest absolute Gasteiger partial charge is 0.356 e. The Bertz CT molecular complexity index is 1060. The van der Waals surface area contributed by atoms with Crippen LogP contribution in [0.5, 0.6) is 0 Å². The molecule has 1 aliphatic heterocycles. The number of hydrogen-bond acceptors (Lipinski definition) is 4. The minimum absolute atomic E-state index is 0.0664. The highest BCUT2D eigenvalue weighted by molar-refractivity contribution is 5.92. The van der Waals surface area contributed by atoms with Gasteiger partial charge in [0.2, 0.25) is 5.91 Å². The van der Waals surface area contributed by atoms with Gasteiger partial charge in [0.25, 0.3) is 5.91 Å². The smallest absolute Gasteiger partial charge is 0.272 e. The number of benzene rings is 1. The second-order valence-corrected chi connectivity index (χ2v) is 8.27. The number of carbonyl (C=O) groups is 2. The lowest BCUT2D eigenvalue weighted by atomic mass is 9.72. The van der Waals surface area contributed by atoms with E-state index in [0.717, 1.165) is 16.7 Å². The van der Waals surface area contributed by atoms with Crippen molar-refractivity contribution in [3.63, 3.8) is 0 Å². The van der Waals surface area contributed by atoms with Gasteiger partial charge in [-0.2, -0.15) is 0 Å². The Kier molecular flexibility index (Phi) is 6.59. The first-order chi connectivity index (χ1) is 15.6. The molecule has 0 bridgehead atoms. The van der Waals surface area contributed by atoms with Crippen LogP contribution in [0.1, 0.15) is 35.8 Å². The quantitative estimate of drug-likeness (QED) is 0.649. The van der Waals surface area contributed by atoms with Gasteiger partial charge in [0, 0.05) is 38.2 Å². The van der Waals surface area contributed by atoms with Crippen molar-refractivity contribution < 1.29 is 9.59 Å². The van der Waals surface area contributed by atoms with Crippen molar-refractivity contribution in [2.75, 3.05) is 19.6 Å². The molecule has 1 N–H and O–H groups in total. The molecule has 32 heavy (non-hydrogen) atoms. The lowest BCUT2D eigenvalue weighted by Crippen LogP contribution is -2.51. The minimum atomic E-state index is -0.537. The molecular formula is C26H28N4O2. The SMILES string of the molecule is CCNC(=O)C1(Cc2cccc(-c3cccnc3)c2)CCN(C(=O)c2ccccn2)CC1. The van der Waals surface area contributed by atoms with Crippen molar-refractivity contribution in [1.82, 2.24) is 20.2 Å². The normalized spacial score (nSPS) is 15.2. The van der Waals surface area contributed by atoms with E-state index in [-0.39, 0.29) is 11.8 Å². The third-order valence-electron chi connectivity index (χ3n) is 6.18. The highest BCUT2D eigenvalue weighted by Crippen LogP contribution is 2.37. The molecule has 6 nitrogen and oxygen atoms in total. The van der Waals surface area contributed by atoms with Crippen LogP contribution in [0, 0.1) is 5.41 Å². The molecule has 1 saturated heterocycles. The zero-order valence-electron chi connectivity index (χ0n) is 18.3. The van der Waals surface area contributed by atoms with Gasteiger partial charge in [0.15, 0.2) is 0 Å². The van der Waals surface area contributed by atoms with Crippen molar-refractivity contribution >= 4 is 11.8 Å². The van der Waals surface area contributed by atoms with Crippen LogP contribution in [0.2, 0.25) is 0 Å². The number of pyridine rings is 2. The van der Waals surface area contributed by atoms with E-state index in [4.69, 9.17) is 0 Å². The first kappa shape index (κ1) is 21.7. The first-order valence-electron chi connectivity index (χ1n) is 11.1. The summed E-state index contributed by atoms with van der Waals surface area (Å²) in [6.45, 7) is 3.60. The number of aromatic nitrogens is 2. The van der Waals surface area contributed by atoms with Crippen LogP contribution in [0.15, 0.2) is 73.2 Å². The predicted octanol–water partition coefficient (Wildman–Crippen LogP) is 3.74. The third kappa shape index (κ3) is 4.69. The minimum Gasteiger partial charge on any atom is -0.356 e. The fourth-order valence-electron chi connectivity index (χ4n) is 4.41. The topological polar surface area (TPSA) is 75.2 Å². The molecule has 1 aromatic carbocycles. The van der Waals surface area contributed by atoms with Gasteiger partial charge < -0.3 is 10.2 Å². The molecule has 2 aromatic heterocycles. The Hall–Kier alpha value is -3.54. The molecule has 0 aliphatic carbocycles. The number of piperidine rings is 1. The van der Waals surface area contributed by atoms with Gasteiger partial charge in [-0.3, -0.25) is 19.6 Å². The zero-order valence-corrected chi connectivity index (χ0v) is 18.3. The highest BCUT2D eigenvalue weighted by atomic mass is 16.2. The van der Waals surface area contributed by atoms with E-state index in [9.17, 15) is 9.59 Å². The summed E-state index contributed by atoms with van der Waals surface area (Å²) in [5.41, 5.74) is 3.16. The highest BCUT2D eigenvalue weighted by Gasteiger charge is 2.42. The predicted molar refractivity (Wildman–Crippen MR) is 124 cm³/mol. The van der Waals surface area contributed by atoms with Gasteiger partial charge in [0.05, 0.1) is 5.41 Å². The third-order valence-corrected chi connectivity index (χ3v) is 6.18. The van der Waals surface area contributed by atoms with E-state index in [0.29, 0.717) is 44.6 Å². The van der Waals surface area contributed by atoms with Crippen LogP contribution in [0.3, 0.4) is 0 Å². The average molecular weight is 429 g/mol. The molecule has 3 aromatic rings. The van der Waals surface area contributed by atoms with Crippen molar-refractivity contribution in [3.05, 3.63) is 84.4 Å². The number of carbonyl (C=O) groups excluding carboxylic acids is 2. The molecule has 6 heteroatoms. The molecule has 0 unspecified atom stereocenters. The fourth-order valence-corrected chi connectivity index (χ4v) is 4.41. The lowest BCUT2D eigenvalue weighted by Gasteiger charge is -2.40. The summed E-state index contributed by atoms with van der Waals surface area (Å²) < 4.78 is 0. The number of likely N-dealkylation sites (tertiary alicyclic amines) is 1. The Morgan fingerprint density at radius 3 is 2.50 bits per heavy atom. The van der Waals surface area contributed by atoms with Crippen LogP contribution >= 0.6 is 0 Å². The van der Waals surface area contributed by atoms with Crippen molar-refractivity contribution in [1.29, 1.82) is 0 Å². The van der Waals surface area contributed by atoms with E-state index in [1.807, 2.05) is 42.3 Å². The van der Waals surface area contributed by atoms with Gasteiger partial charge in [0.1, 0.15) is 5.69 Å². The molecular weight excluding hydrogens is 400 g/mol. The fraction of sp³-hybridized carbons (Fsp3) is 0.308. The summed E-state index contributed by atoms with van der Waals surface area (Å²) in [4.78, 5) is 36.2. The van der Waals surface area contributed by atoms with Crippen molar-refractivity contribution in [2.24, 2.45) is 5.41 Å². The summed E-state index contributed by atoms with van der Waals surface area (Å²) in [5, 5.41) is 3.03. The summed E-state index contributed by atoms with van der Waals surface area (Å²) in [6, 6.07) is 17.6. The summed E-state index contributed by atoms with van der Waals surface area (Å²) >= 11 is 0. The summed E-state index contributed by atoms with van der Waals surface area (Å²) in [6.07, 6.45) is 7.12. The molecule has 0 radical (unpaired) electrons. The van der Waals surface area contributed by atoms with E-state index < -0.39 is 5.41 Å². The van der Waals surface area contributed by atoms with E-state index >= 15 is 0 Å². The van der Waals surface area contributed by atoms with E-state index in [2.05, 4.69) is 33.5 Å². The number of hydrogen-bond donors (Lipinski definition) is 1. The molecule has 1 aliphatic rings. The Morgan fingerprint density at radius 1 is 1.00 bits per heavy atom. The van der Waals surface area contributed by atoms with Gasteiger partial charge >= 0.3 is 0 Å². The van der Waals surface area contributed by atoms with Crippen LogP contribution in [0.4, 0.5) is 0 Å². The zero-order chi connectivity index (χ0) is 22.4. The standard InChI is InChI=1S/C26H28N4O2/c1-2-28-25(32)26(11-15-30(16-12-26)24(31)23-10-3-4-14-29-23)18-20-7-5-8-21(17-20)22-9-6-13-27-19-22/h3-10,13-14,17,19H,2,11-12,15-16,18H2,1H3,(H,28,32). The number of nitrogens with zero attached hydrogens (tertiary/aromatic N) is 3. The Labute approximate surface area is 188 Å². The molecule has 0 atom stereocenters. The number of nitrogens with one attached hydrogen (secondary N) is 1. The second kappa shape index (κ2) is 9.73. The van der Waals surface area contributed by atoms with Crippen LogP contribution in [-0.4, -0.2) is 46.3 Å². The van der Waals surface area contributed by atoms with Crippen LogP contribution in [-0.2, 0) is 11.2 Å². The average Bonchev–Trinajstić information content (AvgIpc) is 2.85. The molecule has 2 amide bonds. The van der Waals surface area contributed by atoms with E-state index in [1.54, 1.807) is 24.5 Å². The van der Waals surface area contributed by atoms with Crippen LogP contribution in [0.25, 0.3) is 11.1 Å². The molecule has 1 fully saturated rings. The van der Waals surface area contributed by atoms with Gasteiger partial charge in [-0.05, 0) is 61.1 Å². The monoisotopic (exact) mass is 428 g/mol. The maximum absolute atomic E-state index is 13.2. The van der Waals surface area contributed by atoms with E-state index in [1.165, 1.54) is 0 Å². The summed E-state index contributed by atoms with van der Waals surface area (Å²) in [7, 11) is 0. The van der Waals surface area contributed by atoms with Gasteiger partial charge in [-0.15, -0.1) is 0 Å². The van der Waals surface area contributed by atoms with Gasteiger partial charge in [-0.1, -0.05) is 36.4 Å². The molecule has 0 spiro atoms. The molecule has 4 rings (SSSR count). The second-order valence-electron chi connectivity index (χ2n) is 8.27. The first-order valence-corrected chi connectivity index (χ1v) is 11.1. The molecule has 3 heterocycles. The maximum atomic E-state index is 13.2. The van der Waals surface area contributed by atoms with Crippen LogP contribution < -0.4 is 5.32 Å². The Morgan fingerprint density at radius 2 is 1.81 bits per heavy atom. The van der Waals surface area contributed by atoms with Gasteiger partial charge in [-0.25, -0.2) is 0 Å². The van der Waals surface area contributed by atoms with Crippen molar-refractivity contribution in [2.45, 2.75) is 26.2 Å². The van der Waals surface area contributed by atoms with Crippen molar-refractivity contribution in [3.8, 4) is 11.1 Å². The summed E-state index contributed by atoms with van der Waals surface area (Å²) in [5.74, 6) is -0.00890. The molecule has 164 valence electrons. The Balaban J connectivity index is 1.54. The number of rotatable bonds is 6.